The molecule has 3 aromatic carbocycles. The first-order valence-electron chi connectivity index (χ1n) is 10.7. The van der Waals surface area contributed by atoms with E-state index in [2.05, 4.69) is 36.5 Å². The van der Waals surface area contributed by atoms with Gasteiger partial charge in [0.15, 0.2) is 11.5 Å². The number of ether oxygens (including phenoxy) is 2. The van der Waals surface area contributed by atoms with Gasteiger partial charge in [-0.15, -0.1) is 12.4 Å². The van der Waals surface area contributed by atoms with E-state index in [4.69, 9.17) is 32.7 Å². The van der Waals surface area contributed by atoms with Gasteiger partial charge >= 0.3 is 0 Å². The maximum absolute atomic E-state index is 6.57. The van der Waals surface area contributed by atoms with E-state index in [1.807, 2.05) is 49.4 Å². The summed E-state index contributed by atoms with van der Waals surface area (Å²) in [5.41, 5.74) is 3.32. The molecule has 3 rings (SSSR count). The van der Waals surface area contributed by atoms with Gasteiger partial charge in [0.25, 0.3) is 0 Å². The van der Waals surface area contributed by atoms with Crippen molar-refractivity contribution >= 4 is 35.6 Å². The number of benzene rings is 3. The minimum Gasteiger partial charge on any atom is -0.490 e. The lowest BCUT2D eigenvalue weighted by Crippen LogP contribution is -2.26. The second kappa shape index (κ2) is 13.6. The molecule has 0 aliphatic rings. The summed E-state index contributed by atoms with van der Waals surface area (Å²) in [6.45, 7) is 5.72. The second-order valence-corrected chi connectivity index (χ2v) is 8.34. The van der Waals surface area contributed by atoms with Crippen molar-refractivity contribution in [3.8, 4) is 11.5 Å². The highest BCUT2D eigenvalue weighted by molar-refractivity contribution is 6.32. The molecule has 0 amide bonds. The minimum atomic E-state index is 0. The van der Waals surface area contributed by atoms with E-state index in [0.29, 0.717) is 47.3 Å². The summed E-state index contributed by atoms with van der Waals surface area (Å²) >= 11 is 12.8. The predicted octanol–water partition coefficient (Wildman–Crippen LogP) is 7.50. The number of rotatable bonds is 11. The van der Waals surface area contributed by atoms with Crippen LogP contribution in [-0.2, 0) is 19.6 Å². The van der Waals surface area contributed by atoms with Crippen molar-refractivity contribution in [3.63, 3.8) is 0 Å². The number of aryl methyl sites for hydroxylation is 1. The summed E-state index contributed by atoms with van der Waals surface area (Å²) in [6.07, 6.45) is 2.11. The van der Waals surface area contributed by atoms with Gasteiger partial charge in [-0.25, -0.2) is 0 Å². The van der Waals surface area contributed by atoms with Gasteiger partial charge in [0.2, 0.25) is 0 Å². The van der Waals surface area contributed by atoms with Gasteiger partial charge in [0.05, 0.1) is 11.6 Å². The summed E-state index contributed by atoms with van der Waals surface area (Å²) in [6, 6.07) is 22.5. The number of hydrogen-bond donors (Lipinski definition) is 1. The SMILES string of the molecule is CCOc1cc(CNC(C)CCc2ccccc2)cc(Cl)c1OCc1ccccc1Cl.Cl. The van der Waals surface area contributed by atoms with Gasteiger partial charge in [0, 0.05) is 23.2 Å². The first kappa shape index (κ1) is 26.3. The van der Waals surface area contributed by atoms with Crippen LogP contribution in [0, 0.1) is 0 Å². The van der Waals surface area contributed by atoms with Gasteiger partial charge in [-0.1, -0.05) is 71.7 Å². The maximum atomic E-state index is 6.57. The average molecular weight is 495 g/mol. The average Bonchev–Trinajstić information content (AvgIpc) is 2.77. The third kappa shape index (κ3) is 7.90. The maximum Gasteiger partial charge on any atom is 0.180 e. The molecule has 0 aromatic heterocycles. The van der Waals surface area contributed by atoms with Crippen LogP contribution in [0.15, 0.2) is 66.7 Å². The fourth-order valence-corrected chi connectivity index (χ4v) is 3.79. The summed E-state index contributed by atoms with van der Waals surface area (Å²) < 4.78 is 11.8. The molecular weight excluding hydrogens is 465 g/mol. The van der Waals surface area contributed by atoms with Crippen LogP contribution in [0.1, 0.15) is 37.0 Å². The van der Waals surface area contributed by atoms with Gasteiger partial charge < -0.3 is 14.8 Å². The van der Waals surface area contributed by atoms with Crippen molar-refractivity contribution in [3.05, 3.63) is 93.5 Å². The van der Waals surface area contributed by atoms with Crippen LogP contribution in [0.4, 0.5) is 0 Å². The Kier molecular flexibility index (Phi) is 11.2. The molecule has 0 aliphatic heterocycles. The zero-order valence-corrected chi connectivity index (χ0v) is 20.8. The molecule has 3 nitrogen and oxygen atoms in total. The molecule has 0 aliphatic carbocycles. The molecule has 0 fully saturated rings. The number of hydrogen-bond acceptors (Lipinski definition) is 3. The number of halogens is 3. The molecule has 0 heterocycles. The standard InChI is InChI=1S/C26H29Cl2NO2.ClH/c1-3-30-25-16-21(17-29-19(2)13-14-20-9-5-4-6-10-20)15-24(28)26(25)31-18-22-11-7-8-12-23(22)27;/h4-12,15-16,19,29H,3,13-14,17-18H2,1-2H3;1H. The molecule has 0 radical (unpaired) electrons. The Morgan fingerprint density at radius 1 is 0.875 bits per heavy atom. The molecule has 0 saturated carbocycles. The number of nitrogens with one attached hydrogen (secondary N) is 1. The monoisotopic (exact) mass is 493 g/mol. The van der Waals surface area contributed by atoms with Gasteiger partial charge in [0.1, 0.15) is 6.61 Å². The van der Waals surface area contributed by atoms with Crippen molar-refractivity contribution in [2.24, 2.45) is 0 Å². The van der Waals surface area contributed by atoms with Gasteiger partial charge in [-0.3, -0.25) is 0 Å². The lowest BCUT2D eigenvalue weighted by molar-refractivity contribution is 0.269. The van der Waals surface area contributed by atoms with Gasteiger partial charge in [-0.2, -0.15) is 0 Å². The Morgan fingerprint density at radius 3 is 2.31 bits per heavy atom. The fourth-order valence-electron chi connectivity index (χ4n) is 3.31. The van der Waals surface area contributed by atoms with Crippen LogP contribution in [0.3, 0.4) is 0 Å². The molecule has 1 atom stereocenters. The van der Waals surface area contributed by atoms with Crippen molar-refractivity contribution in [1.82, 2.24) is 5.32 Å². The molecule has 0 bridgehead atoms. The molecule has 32 heavy (non-hydrogen) atoms. The molecule has 0 spiro atoms. The van der Waals surface area contributed by atoms with Crippen LogP contribution in [0.25, 0.3) is 0 Å². The Hall–Kier alpha value is -1.91. The van der Waals surface area contributed by atoms with E-state index in [-0.39, 0.29) is 12.4 Å². The third-order valence-corrected chi connectivity index (χ3v) is 5.71. The zero-order chi connectivity index (χ0) is 22.1. The largest absolute Gasteiger partial charge is 0.490 e. The minimum absolute atomic E-state index is 0. The molecule has 1 unspecified atom stereocenters. The summed E-state index contributed by atoms with van der Waals surface area (Å²) in [4.78, 5) is 0. The topological polar surface area (TPSA) is 30.5 Å². The molecular formula is C26H30Cl3NO2. The first-order valence-corrected chi connectivity index (χ1v) is 11.4. The van der Waals surface area contributed by atoms with Crippen LogP contribution < -0.4 is 14.8 Å². The highest BCUT2D eigenvalue weighted by Gasteiger charge is 2.14. The Labute approximate surface area is 207 Å². The van der Waals surface area contributed by atoms with E-state index in [1.165, 1.54) is 5.56 Å². The van der Waals surface area contributed by atoms with Crippen molar-refractivity contribution in [2.45, 2.75) is 45.9 Å². The second-order valence-electron chi connectivity index (χ2n) is 7.52. The quantitative estimate of drug-likeness (QED) is 0.299. The lowest BCUT2D eigenvalue weighted by atomic mass is 10.1. The van der Waals surface area contributed by atoms with E-state index in [9.17, 15) is 0 Å². The van der Waals surface area contributed by atoms with Crippen molar-refractivity contribution in [2.75, 3.05) is 6.61 Å². The third-order valence-electron chi connectivity index (χ3n) is 5.06. The lowest BCUT2D eigenvalue weighted by Gasteiger charge is -2.18. The van der Waals surface area contributed by atoms with E-state index < -0.39 is 0 Å². The van der Waals surface area contributed by atoms with E-state index in [0.717, 1.165) is 24.0 Å². The molecule has 0 saturated heterocycles. The zero-order valence-electron chi connectivity index (χ0n) is 18.4. The molecule has 1 N–H and O–H groups in total. The predicted molar refractivity (Wildman–Crippen MR) is 137 cm³/mol. The van der Waals surface area contributed by atoms with Crippen LogP contribution >= 0.6 is 35.6 Å². The summed E-state index contributed by atoms with van der Waals surface area (Å²) in [5.74, 6) is 1.19. The smallest absolute Gasteiger partial charge is 0.180 e. The van der Waals surface area contributed by atoms with Crippen molar-refractivity contribution < 1.29 is 9.47 Å². The Bertz CT molecular complexity index is 967. The summed E-state index contributed by atoms with van der Waals surface area (Å²) in [5, 5.41) is 4.78. The van der Waals surface area contributed by atoms with E-state index in [1.54, 1.807) is 0 Å². The van der Waals surface area contributed by atoms with Crippen LogP contribution in [0.5, 0.6) is 11.5 Å². The first-order chi connectivity index (χ1) is 15.1. The molecule has 6 heteroatoms. The van der Waals surface area contributed by atoms with Crippen LogP contribution in [-0.4, -0.2) is 12.6 Å². The molecule has 172 valence electrons. The molecule has 3 aromatic rings. The summed E-state index contributed by atoms with van der Waals surface area (Å²) in [7, 11) is 0. The fraction of sp³-hybridized carbons (Fsp3) is 0.308. The Morgan fingerprint density at radius 2 is 1.59 bits per heavy atom. The highest BCUT2D eigenvalue weighted by Crippen LogP contribution is 2.37. The van der Waals surface area contributed by atoms with Crippen molar-refractivity contribution in [1.29, 1.82) is 0 Å². The highest BCUT2D eigenvalue weighted by atomic mass is 35.5. The van der Waals surface area contributed by atoms with Gasteiger partial charge in [-0.05, 0) is 56.0 Å². The normalized spacial score (nSPS) is 11.5. The van der Waals surface area contributed by atoms with E-state index >= 15 is 0 Å². The van der Waals surface area contributed by atoms with Crippen LogP contribution in [0.2, 0.25) is 10.0 Å². The Balaban J connectivity index is 0.00000363.